The van der Waals surface area contributed by atoms with Crippen molar-refractivity contribution in [3.8, 4) is 11.5 Å². The molecule has 0 spiro atoms. The normalized spacial score (nSPS) is 11.5. The minimum absolute atomic E-state index is 0.0894. The van der Waals surface area contributed by atoms with Gasteiger partial charge < -0.3 is 19.7 Å². The first-order valence-electron chi connectivity index (χ1n) is 11.8. The van der Waals surface area contributed by atoms with Crippen LogP contribution in [-0.2, 0) is 16.1 Å². The van der Waals surface area contributed by atoms with Crippen molar-refractivity contribution in [2.45, 2.75) is 44.9 Å². The molecule has 0 aliphatic carbocycles. The van der Waals surface area contributed by atoms with Crippen molar-refractivity contribution in [3.05, 3.63) is 70.5 Å². The number of amides is 2. The van der Waals surface area contributed by atoms with Crippen molar-refractivity contribution >= 4 is 40.9 Å². The fraction of sp³-hybridized carbons (Fsp3) is 0.333. The molecular formula is C27H31ClN4O4S. The number of carbonyl (C=O) groups excluding carboxylic acids is 2. The van der Waals surface area contributed by atoms with Crippen molar-refractivity contribution < 1.29 is 19.1 Å². The number of anilines is 1. The van der Waals surface area contributed by atoms with Crippen LogP contribution < -0.4 is 14.8 Å². The van der Waals surface area contributed by atoms with Gasteiger partial charge in [0.2, 0.25) is 11.8 Å². The summed E-state index contributed by atoms with van der Waals surface area (Å²) in [6, 6.07) is 13.5. The Kier molecular flexibility index (Phi) is 10.2. The lowest BCUT2D eigenvalue weighted by Crippen LogP contribution is -2.47. The molecule has 8 nitrogen and oxygen atoms in total. The number of nitrogens with one attached hydrogen (secondary N) is 1. The molecule has 37 heavy (non-hydrogen) atoms. The molecule has 3 rings (SSSR count). The Hall–Kier alpha value is -3.30. The standard InChI is InChI=1S/C27H31ClN4O4S/c1-6-23(26(34)31-22-12-11-21(35-4)14-24(22)36-5)32(15-19-7-9-20(28)10-8-19)25(33)16-37-27-29-17(2)13-18(3)30-27/h7-14,23H,6,15-16H2,1-5H3,(H,31,34). The maximum atomic E-state index is 13.5. The molecule has 0 aliphatic heterocycles. The Morgan fingerprint density at radius 1 is 1.03 bits per heavy atom. The first-order valence-corrected chi connectivity index (χ1v) is 13.1. The third-order valence-electron chi connectivity index (χ3n) is 5.61. The monoisotopic (exact) mass is 542 g/mol. The van der Waals surface area contributed by atoms with Crippen LogP contribution in [0, 0.1) is 13.8 Å². The summed E-state index contributed by atoms with van der Waals surface area (Å²) in [5, 5.41) is 4.04. The predicted octanol–water partition coefficient (Wildman–Crippen LogP) is 5.30. The van der Waals surface area contributed by atoms with Gasteiger partial charge >= 0.3 is 0 Å². The highest BCUT2D eigenvalue weighted by atomic mass is 35.5. The van der Waals surface area contributed by atoms with E-state index in [1.54, 1.807) is 42.3 Å². The number of hydrogen-bond donors (Lipinski definition) is 1. The van der Waals surface area contributed by atoms with E-state index < -0.39 is 6.04 Å². The summed E-state index contributed by atoms with van der Waals surface area (Å²) in [6.45, 7) is 5.89. The van der Waals surface area contributed by atoms with Crippen LogP contribution in [0.2, 0.25) is 5.02 Å². The first kappa shape index (κ1) is 28.3. The van der Waals surface area contributed by atoms with Gasteiger partial charge in [0, 0.05) is 29.0 Å². The van der Waals surface area contributed by atoms with E-state index in [9.17, 15) is 9.59 Å². The fourth-order valence-corrected chi connectivity index (χ4v) is 4.75. The SMILES string of the molecule is CCC(C(=O)Nc1ccc(OC)cc1OC)N(Cc1ccc(Cl)cc1)C(=O)CSc1nc(C)cc(C)n1. The summed E-state index contributed by atoms with van der Waals surface area (Å²) in [4.78, 5) is 37.4. The Morgan fingerprint density at radius 3 is 2.30 bits per heavy atom. The maximum Gasteiger partial charge on any atom is 0.247 e. The Balaban J connectivity index is 1.85. The molecule has 2 amide bonds. The minimum Gasteiger partial charge on any atom is -0.497 e. The second kappa shape index (κ2) is 13.3. The van der Waals surface area contributed by atoms with Crippen molar-refractivity contribution in [2.24, 2.45) is 0 Å². The third kappa shape index (κ3) is 7.84. The Bertz CT molecular complexity index is 1220. The van der Waals surface area contributed by atoms with Crippen LogP contribution in [0.4, 0.5) is 5.69 Å². The number of aromatic nitrogens is 2. The van der Waals surface area contributed by atoms with E-state index in [1.807, 2.05) is 39.0 Å². The van der Waals surface area contributed by atoms with Crippen LogP contribution in [0.25, 0.3) is 0 Å². The Labute approximate surface area is 226 Å². The number of hydrogen-bond acceptors (Lipinski definition) is 7. The van der Waals surface area contributed by atoms with Crippen LogP contribution in [0.15, 0.2) is 53.7 Å². The van der Waals surface area contributed by atoms with Crippen LogP contribution in [0.3, 0.4) is 0 Å². The molecule has 1 N–H and O–H groups in total. The van der Waals surface area contributed by atoms with E-state index >= 15 is 0 Å². The van der Waals surface area contributed by atoms with Gasteiger partial charge in [0.25, 0.3) is 0 Å². The molecule has 1 unspecified atom stereocenters. The summed E-state index contributed by atoms with van der Waals surface area (Å²) in [5.74, 6) is 0.631. The number of nitrogens with zero attached hydrogens (tertiary/aromatic N) is 3. The molecule has 0 aliphatic rings. The van der Waals surface area contributed by atoms with Crippen molar-refractivity contribution in [2.75, 3.05) is 25.3 Å². The molecule has 0 saturated heterocycles. The minimum atomic E-state index is -0.726. The average Bonchev–Trinajstić information content (AvgIpc) is 2.88. The van der Waals surface area contributed by atoms with Crippen molar-refractivity contribution in [1.29, 1.82) is 0 Å². The largest absolute Gasteiger partial charge is 0.497 e. The van der Waals surface area contributed by atoms with E-state index in [0.29, 0.717) is 33.8 Å². The number of methoxy groups -OCH3 is 2. The van der Waals surface area contributed by atoms with Gasteiger partial charge in [0.05, 0.1) is 25.7 Å². The zero-order valence-corrected chi connectivity index (χ0v) is 23.2. The molecule has 196 valence electrons. The number of benzene rings is 2. The van der Waals surface area contributed by atoms with Gasteiger partial charge in [-0.3, -0.25) is 9.59 Å². The molecule has 0 radical (unpaired) electrons. The number of thioether (sulfide) groups is 1. The fourth-order valence-electron chi connectivity index (χ4n) is 3.79. The molecule has 1 atom stereocenters. The zero-order chi connectivity index (χ0) is 26.9. The smallest absolute Gasteiger partial charge is 0.247 e. The molecule has 0 bridgehead atoms. The average molecular weight is 543 g/mol. The highest BCUT2D eigenvalue weighted by molar-refractivity contribution is 7.99. The van der Waals surface area contributed by atoms with Gasteiger partial charge in [0.1, 0.15) is 17.5 Å². The van der Waals surface area contributed by atoms with E-state index in [1.165, 1.54) is 18.9 Å². The number of aryl methyl sites for hydroxylation is 2. The second-order valence-electron chi connectivity index (χ2n) is 8.35. The summed E-state index contributed by atoms with van der Waals surface area (Å²) >= 11 is 7.30. The lowest BCUT2D eigenvalue weighted by atomic mass is 10.1. The van der Waals surface area contributed by atoms with Crippen molar-refractivity contribution in [1.82, 2.24) is 14.9 Å². The lowest BCUT2D eigenvalue weighted by molar-refractivity contribution is -0.137. The summed E-state index contributed by atoms with van der Waals surface area (Å²) in [7, 11) is 3.08. The van der Waals surface area contributed by atoms with Crippen LogP contribution >= 0.6 is 23.4 Å². The molecule has 10 heteroatoms. The second-order valence-corrected chi connectivity index (χ2v) is 9.73. The Morgan fingerprint density at radius 2 is 1.70 bits per heavy atom. The lowest BCUT2D eigenvalue weighted by Gasteiger charge is -2.30. The summed E-state index contributed by atoms with van der Waals surface area (Å²) in [6.07, 6.45) is 0.411. The highest BCUT2D eigenvalue weighted by Gasteiger charge is 2.29. The molecule has 2 aromatic carbocycles. The molecule has 0 saturated carbocycles. The molecule has 1 heterocycles. The predicted molar refractivity (Wildman–Crippen MR) is 146 cm³/mol. The number of rotatable bonds is 11. The number of carbonyl (C=O) groups is 2. The first-order chi connectivity index (χ1) is 17.7. The topological polar surface area (TPSA) is 93.7 Å². The van der Waals surface area contributed by atoms with Gasteiger partial charge in [-0.1, -0.05) is 42.4 Å². The molecule has 3 aromatic rings. The van der Waals surface area contributed by atoms with Gasteiger partial charge in [-0.2, -0.15) is 0 Å². The molecule has 0 fully saturated rings. The number of ether oxygens (including phenoxy) is 2. The van der Waals surface area contributed by atoms with Crippen molar-refractivity contribution in [3.63, 3.8) is 0 Å². The van der Waals surface area contributed by atoms with E-state index in [4.69, 9.17) is 21.1 Å². The van der Waals surface area contributed by atoms with Crippen LogP contribution in [0.5, 0.6) is 11.5 Å². The van der Waals surface area contributed by atoms with Gasteiger partial charge in [-0.15, -0.1) is 0 Å². The van der Waals surface area contributed by atoms with E-state index in [0.717, 1.165) is 17.0 Å². The van der Waals surface area contributed by atoms with Gasteiger partial charge in [0.15, 0.2) is 5.16 Å². The number of halogens is 1. The molecule has 1 aromatic heterocycles. The summed E-state index contributed by atoms with van der Waals surface area (Å²) < 4.78 is 10.7. The quantitative estimate of drug-likeness (QED) is 0.259. The van der Waals surface area contributed by atoms with E-state index in [2.05, 4.69) is 15.3 Å². The third-order valence-corrected chi connectivity index (χ3v) is 6.69. The van der Waals surface area contributed by atoms with E-state index in [-0.39, 0.29) is 24.1 Å². The van der Waals surface area contributed by atoms with Gasteiger partial charge in [-0.05, 0) is 56.2 Å². The van der Waals surface area contributed by atoms with Crippen LogP contribution in [-0.4, -0.2) is 52.7 Å². The molecular weight excluding hydrogens is 512 g/mol. The maximum absolute atomic E-state index is 13.5. The highest BCUT2D eigenvalue weighted by Crippen LogP contribution is 2.30. The van der Waals surface area contributed by atoms with Crippen LogP contribution in [0.1, 0.15) is 30.3 Å². The zero-order valence-electron chi connectivity index (χ0n) is 21.6. The van der Waals surface area contributed by atoms with Gasteiger partial charge in [-0.25, -0.2) is 9.97 Å². The summed E-state index contributed by atoms with van der Waals surface area (Å²) in [5.41, 5.74) is 3.02.